The second-order valence-corrected chi connectivity index (χ2v) is 5.82. The van der Waals surface area contributed by atoms with Crippen LogP contribution in [-0.4, -0.2) is 42.8 Å². The second-order valence-electron chi connectivity index (χ2n) is 5.82. The number of H-pyrrole nitrogens is 1. The Hall–Kier alpha value is -3.55. The Labute approximate surface area is 155 Å². The summed E-state index contributed by atoms with van der Waals surface area (Å²) in [4.78, 5) is 24.0. The van der Waals surface area contributed by atoms with Crippen molar-refractivity contribution in [3.63, 3.8) is 0 Å². The molecule has 0 unspecified atom stereocenters. The van der Waals surface area contributed by atoms with E-state index in [0.29, 0.717) is 30.2 Å². The highest BCUT2D eigenvalue weighted by molar-refractivity contribution is 6.39. The number of hydrogen-bond acceptors (Lipinski definition) is 5. The van der Waals surface area contributed by atoms with Crippen LogP contribution in [0.2, 0.25) is 0 Å². The molecule has 0 aliphatic carbocycles. The number of amides is 2. The smallest absolute Gasteiger partial charge is 0.313 e. The van der Waals surface area contributed by atoms with Crippen LogP contribution in [0.4, 0.5) is 5.69 Å². The van der Waals surface area contributed by atoms with E-state index in [4.69, 9.17) is 9.47 Å². The molecule has 1 heterocycles. The van der Waals surface area contributed by atoms with E-state index in [1.165, 1.54) is 0 Å². The molecule has 8 heteroatoms. The zero-order valence-electron chi connectivity index (χ0n) is 15.0. The number of methoxy groups -OCH3 is 2. The van der Waals surface area contributed by atoms with Crippen molar-refractivity contribution in [1.82, 2.24) is 15.5 Å². The largest absolute Gasteiger partial charge is 0.493 e. The molecular weight excluding hydrogens is 348 g/mol. The topological polar surface area (TPSA) is 105 Å². The molecule has 1 aromatic heterocycles. The predicted octanol–water partition coefficient (Wildman–Crippen LogP) is 1.88. The van der Waals surface area contributed by atoms with Crippen LogP contribution in [0.15, 0.2) is 42.6 Å². The number of ether oxygens (including phenoxy) is 2. The van der Waals surface area contributed by atoms with Gasteiger partial charge in [-0.15, -0.1) is 0 Å². The van der Waals surface area contributed by atoms with Crippen molar-refractivity contribution in [1.29, 1.82) is 0 Å². The van der Waals surface area contributed by atoms with Crippen molar-refractivity contribution in [2.75, 3.05) is 26.1 Å². The SMILES string of the molecule is COc1ccc(CCNC(=O)C(=O)Nc2ccc3cn[nH]c3c2)cc1OC. The van der Waals surface area contributed by atoms with Gasteiger partial charge in [-0.2, -0.15) is 5.10 Å². The molecule has 2 aromatic carbocycles. The average Bonchev–Trinajstić information content (AvgIpc) is 3.15. The zero-order valence-corrected chi connectivity index (χ0v) is 15.0. The summed E-state index contributed by atoms with van der Waals surface area (Å²) in [5.41, 5.74) is 2.26. The van der Waals surface area contributed by atoms with Crippen LogP contribution < -0.4 is 20.1 Å². The molecule has 0 aliphatic heterocycles. The first kappa shape index (κ1) is 18.2. The molecule has 0 bridgehead atoms. The van der Waals surface area contributed by atoms with Gasteiger partial charge in [0.05, 0.1) is 25.9 Å². The highest BCUT2D eigenvalue weighted by atomic mass is 16.5. The predicted molar refractivity (Wildman–Crippen MR) is 101 cm³/mol. The first-order valence-electron chi connectivity index (χ1n) is 8.34. The Morgan fingerprint density at radius 3 is 2.63 bits per heavy atom. The van der Waals surface area contributed by atoms with Crippen LogP contribution in [0.1, 0.15) is 5.56 Å². The summed E-state index contributed by atoms with van der Waals surface area (Å²) in [6.07, 6.45) is 2.24. The standard InChI is InChI=1S/C19H20N4O4/c1-26-16-6-3-12(9-17(16)27-2)7-8-20-18(24)19(25)22-14-5-4-13-11-21-23-15(13)10-14/h3-6,9-11H,7-8H2,1-2H3,(H,20,24)(H,21,23)(H,22,25). The summed E-state index contributed by atoms with van der Waals surface area (Å²) in [5, 5.41) is 12.8. The third kappa shape index (κ3) is 4.35. The average molecular weight is 368 g/mol. The lowest BCUT2D eigenvalue weighted by Gasteiger charge is -2.10. The van der Waals surface area contributed by atoms with Gasteiger partial charge in [0.2, 0.25) is 0 Å². The lowest BCUT2D eigenvalue weighted by molar-refractivity contribution is -0.136. The first-order valence-corrected chi connectivity index (χ1v) is 8.34. The molecule has 8 nitrogen and oxygen atoms in total. The Bertz CT molecular complexity index is 967. The van der Waals surface area contributed by atoms with E-state index in [1.807, 2.05) is 18.2 Å². The van der Waals surface area contributed by atoms with Crippen molar-refractivity contribution in [3.05, 3.63) is 48.2 Å². The third-order valence-electron chi connectivity index (χ3n) is 4.05. The van der Waals surface area contributed by atoms with E-state index in [0.717, 1.165) is 16.5 Å². The summed E-state index contributed by atoms with van der Waals surface area (Å²) < 4.78 is 10.4. The third-order valence-corrected chi connectivity index (χ3v) is 4.05. The Morgan fingerprint density at radius 1 is 1.04 bits per heavy atom. The number of aromatic nitrogens is 2. The molecule has 0 aliphatic rings. The van der Waals surface area contributed by atoms with E-state index in [2.05, 4.69) is 20.8 Å². The lowest BCUT2D eigenvalue weighted by atomic mass is 10.1. The fraction of sp³-hybridized carbons (Fsp3) is 0.211. The molecule has 140 valence electrons. The van der Waals surface area contributed by atoms with E-state index in [9.17, 15) is 9.59 Å². The fourth-order valence-corrected chi connectivity index (χ4v) is 2.64. The number of aromatic amines is 1. The molecule has 0 saturated carbocycles. The van der Waals surface area contributed by atoms with Gasteiger partial charge in [0.25, 0.3) is 0 Å². The summed E-state index contributed by atoms with van der Waals surface area (Å²) in [5.74, 6) is -0.159. The summed E-state index contributed by atoms with van der Waals surface area (Å²) in [6, 6.07) is 10.8. The van der Waals surface area contributed by atoms with Crippen molar-refractivity contribution < 1.29 is 19.1 Å². The van der Waals surface area contributed by atoms with Crippen LogP contribution in [0.3, 0.4) is 0 Å². The van der Waals surface area contributed by atoms with Crippen molar-refractivity contribution in [3.8, 4) is 11.5 Å². The van der Waals surface area contributed by atoms with Gasteiger partial charge in [-0.05, 0) is 42.3 Å². The number of benzene rings is 2. The Kier molecular flexibility index (Phi) is 5.55. The first-order chi connectivity index (χ1) is 13.1. The minimum absolute atomic E-state index is 0.321. The minimum atomic E-state index is -0.721. The maximum Gasteiger partial charge on any atom is 0.313 e. The highest BCUT2D eigenvalue weighted by Crippen LogP contribution is 2.27. The van der Waals surface area contributed by atoms with Gasteiger partial charge in [-0.3, -0.25) is 14.7 Å². The van der Waals surface area contributed by atoms with Crippen LogP contribution in [0, 0.1) is 0 Å². The fourth-order valence-electron chi connectivity index (χ4n) is 2.64. The monoisotopic (exact) mass is 368 g/mol. The Balaban J connectivity index is 1.52. The maximum absolute atomic E-state index is 12.0. The molecule has 3 N–H and O–H groups in total. The van der Waals surface area contributed by atoms with Gasteiger partial charge in [0.1, 0.15) is 0 Å². The van der Waals surface area contributed by atoms with Crippen LogP contribution in [0.5, 0.6) is 11.5 Å². The van der Waals surface area contributed by atoms with Gasteiger partial charge >= 0.3 is 11.8 Å². The highest BCUT2D eigenvalue weighted by Gasteiger charge is 2.14. The van der Waals surface area contributed by atoms with E-state index < -0.39 is 11.8 Å². The van der Waals surface area contributed by atoms with Gasteiger partial charge in [-0.25, -0.2) is 0 Å². The van der Waals surface area contributed by atoms with Crippen LogP contribution in [-0.2, 0) is 16.0 Å². The van der Waals surface area contributed by atoms with Crippen molar-refractivity contribution in [2.24, 2.45) is 0 Å². The molecule has 0 spiro atoms. The number of carbonyl (C=O) groups excluding carboxylic acids is 2. The van der Waals surface area contributed by atoms with Crippen LogP contribution in [0.25, 0.3) is 10.9 Å². The Morgan fingerprint density at radius 2 is 1.85 bits per heavy atom. The quantitative estimate of drug-likeness (QED) is 0.576. The number of nitrogens with one attached hydrogen (secondary N) is 3. The molecule has 2 amide bonds. The van der Waals surface area contributed by atoms with Gasteiger partial charge in [-0.1, -0.05) is 6.07 Å². The summed E-state index contributed by atoms with van der Waals surface area (Å²) in [7, 11) is 3.13. The maximum atomic E-state index is 12.0. The number of nitrogens with zero attached hydrogens (tertiary/aromatic N) is 1. The van der Waals surface area contributed by atoms with Gasteiger partial charge in [0, 0.05) is 17.6 Å². The molecule has 0 radical (unpaired) electrons. The minimum Gasteiger partial charge on any atom is -0.493 e. The summed E-state index contributed by atoms with van der Waals surface area (Å²) in [6.45, 7) is 0.321. The normalized spacial score (nSPS) is 10.4. The molecule has 3 rings (SSSR count). The molecule has 0 fully saturated rings. The molecular formula is C19H20N4O4. The van der Waals surface area contributed by atoms with Gasteiger partial charge < -0.3 is 20.1 Å². The molecule has 3 aromatic rings. The van der Waals surface area contributed by atoms with E-state index in [-0.39, 0.29) is 0 Å². The second kappa shape index (κ2) is 8.22. The summed E-state index contributed by atoms with van der Waals surface area (Å²) >= 11 is 0. The number of rotatable bonds is 6. The van der Waals surface area contributed by atoms with E-state index >= 15 is 0 Å². The lowest BCUT2D eigenvalue weighted by Crippen LogP contribution is -2.36. The zero-order chi connectivity index (χ0) is 19.2. The number of carbonyl (C=O) groups is 2. The number of fused-ring (bicyclic) bond motifs is 1. The van der Waals surface area contributed by atoms with Crippen molar-refractivity contribution >= 4 is 28.4 Å². The van der Waals surface area contributed by atoms with E-state index in [1.54, 1.807) is 38.6 Å². The van der Waals surface area contributed by atoms with Crippen molar-refractivity contribution in [2.45, 2.75) is 6.42 Å². The number of anilines is 1. The van der Waals surface area contributed by atoms with Crippen LogP contribution >= 0.6 is 0 Å². The van der Waals surface area contributed by atoms with Gasteiger partial charge in [0.15, 0.2) is 11.5 Å². The molecule has 0 saturated heterocycles. The molecule has 27 heavy (non-hydrogen) atoms. The number of hydrogen-bond donors (Lipinski definition) is 3. The molecule has 0 atom stereocenters.